The zero-order chi connectivity index (χ0) is 17.3. The first-order chi connectivity index (χ1) is 11.5. The molecular formula is C17H15Cl2FN2O2. The molecule has 0 aliphatic heterocycles. The fraction of sp³-hybridized carbons (Fsp3) is 0.294. The van der Waals surface area contributed by atoms with Crippen LogP contribution in [-0.4, -0.2) is 16.0 Å². The molecule has 1 aliphatic rings. The van der Waals surface area contributed by atoms with Gasteiger partial charge in [0, 0.05) is 28.4 Å². The number of amides is 1. The van der Waals surface area contributed by atoms with Gasteiger partial charge in [0.2, 0.25) is 5.91 Å². The Morgan fingerprint density at radius 2 is 2.17 bits per heavy atom. The molecule has 24 heavy (non-hydrogen) atoms. The lowest BCUT2D eigenvalue weighted by Gasteiger charge is -2.27. The molecule has 1 amide bonds. The van der Waals surface area contributed by atoms with Crippen LogP contribution in [0.1, 0.15) is 41.7 Å². The van der Waals surface area contributed by atoms with Crippen LogP contribution in [0.4, 0.5) is 4.39 Å². The van der Waals surface area contributed by atoms with E-state index in [0.717, 1.165) is 6.07 Å². The summed E-state index contributed by atoms with van der Waals surface area (Å²) in [6, 6.07) is 6.10. The third-order valence-electron chi connectivity index (χ3n) is 4.15. The van der Waals surface area contributed by atoms with Crippen LogP contribution in [0.2, 0.25) is 10.0 Å². The van der Waals surface area contributed by atoms with Gasteiger partial charge >= 0.3 is 0 Å². The summed E-state index contributed by atoms with van der Waals surface area (Å²) in [5.74, 6) is -1.23. The Labute approximate surface area is 148 Å². The maximum atomic E-state index is 13.9. The molecule has 1 heterocycles. The Bertz CT molecular complexity index is 762. The highest BCUT2D eigenvalue weighted by Crippen LogP contribution is 2.36. The van der Waals surface area contributed by atoms with Crippen LogP contribution in [-0.2, 0) is 11.3 Å². The molecule has 0 fully saturated rings. The number of aliphatic hydroxyl groups excluding tert-OH is 1. The van der Waals surface area contributed by atoms with E-state index in [1.54, 1.807) is 18.3 Å². The minimum absolute atomic E-state index is 0.0324. The fourth-order valence-electron chi connectivity index (χ4n) is 2.93. The Morgan fingerprint density at radius 3 is 2.92 bits per heavy atom. The molecule has 2 N–H and O–H groups in total. The highest BCUT2D eigenvalue weighted by atomic mass is 35.5. The normalized spacial score (nSPS) is 19.7. The van der Waals surface area contributed by atoms with E-state index in [4.69, 9.17) is 23.2 Å². The minimum Gasteiger partial charge on any atom is -0.387 e. The van der Waals surface area contributed by atoms with Crippen molar-refractivity contribution in [2.45, 2.75) is 31.4 Å². The number of pyridine rings is 1. The molecule has 126 valence electrons. The van der Waals surface area contributed by atoms with Crippen LogP contribution < -0.4 is 5.32 Å². The van der Waals surface area contributed by atoms with Gasteiger partial charge in [-0.2, -0.15) is 0 Å². The van der Waals surface area contributed by atoms with Gasteiger partial charge in [-0.25, -0.2) is 4.39 Å². The van der Waals surface area contributed by atoms with Gasteiger partial charge in [0.1, 0.15) is 5.82 Å². The molecular weight excluding hydrogens is 354 g/mol. The third-order valence-corrected chi connectivity index (χ3v) is 4.71. The molecule has 4 nitrogen and oxygen atoms in total. The van der Waals surface area contributed by atoms with Crippen molar-refractivity contribution >= 4 is 29.1 Å². The molecule has 0 radical (unpaired) electrons. The Morgan fingerprint density at radius 1 is 1.38 bits per heavy atom. The fourth-order valence-corrected chi connectivity index (χ4v) is 3.47. The number of benzene rings is 1. The van der Waals surface area contributed by atoms with Crippen LogP contribution in [0, 0.1) is 5.82 Å². The van der Waals surface area contributed by atoms with Crippen molar-refractivity contribution in [3.63, 3.8) is 0 Å². The summed E-state index contributed by atoms with van der Waals surface area (Å²) in [7, 11) is 0. The molecule has 1 aliphatic carbocycles. The first-order valence-electron chi connectivity index (χ1n) is 7.51. The van der Waals surface area contributed by atoms with Crippen LogP contribution in [0.15, 0.2) is 30.5 Å². The largest absolute Gasteiger partial charge is 0.387 e. The summed E-state index contributed by atoms with van der Waals surface area (Å²) in [5, 5.41) is 13.1. The van der Waals surface area contributed by atoms with Crippen molar-refractivity contribution in [3.05, 3.63) is 63.1 Å². The summed E-state index contributed by atoms with van der Waals surface area (Å²) < 4.78 is 13.9. The van der Waals surface area contributed by atoms with Gasteiger partial charge in [-0.05, 0) is 36.6 Å². The molecule has 2 aromatic rings. The second kappa shape index (κ2) is 7.05. The predicted octanol–water partition coefficient (Wildman–Crippen LogP) is 3.75. The number of nitrogens with zero attached hydrogens (tertiary/aromatic N) is 1. The maximum absolute atomic E-state index is 13.9. The van der Waals surface area contributed by atoms with Crippen molar-refractivity contribution in [1.29, 1.82) is 0 Å². The number of rotatable bonds is 3. The average molecular weight is 369 g/mol. The van der Waals surface area contributed by atoms with Crippen LogP contribution in [0.25, 0.3) is 0 Å². The van der Waals surface area contributed by atoms with Gasteiger partial charge in [-0.15, -0.1) is 0 Å². The number of aromatic nitrogens is 1. The number of hydrogen-bond acceptors (Lipinski definition) is 3. The predicted molar refractivity (Wildman–Crippen MR) is 89.4 cm³/mol. The molecule has 0 saturated heterocycles. The van der Waals surface area contributed by atoms with Gasteiger partial charge in [-0.1, -0.05) is 29.3 Å². The molecule has 0 spiro atoms. The quantitative estimate of drug-likeness (QED) is 0.866. The lowest BCUT2D eigenvalue weighted by molar-refractivity contribution is -0.123. The van der Waals surface area contributed by atoms with Crippen molar-refractivity contribution in [3.8, 4) is 0 Å². The van der Waals surface area contributed by atoms with E-state index in [2.05, 4.69) is 10.3 Å². The molecule has 1 aromatic carbocycles. The minimum atomic E-state index is -0.659. The van der Waals surface area contributed by atoms with Gasteiger partial charge in [0.25, 0.3) is 0 Å². The average Bonchev–Trinajstić information content (AvgIpc) is 2.54. The number of nitrogens with one attached hydrogen (secondary N) is 1. The smallest absolute Gasteiger partial charge is 0.227 e. The topological polar surface area (TPSA) is 62.2 Å². The lowest BCUT2D eigenvalue weighted by Crippen LogP contribution is -2.32. The van der Waals surface area contributed by atoms with E-state index in [9.17, 15) is 14.3 Å². The second-order valence-electron chi connectivity index (χ2n) is 5.69. The van der Waals surface area contributed by atoms with Crippen molar-refractivity contribution in [2.24, 2.45) is 0 Å². The van der Waals surface area contributed by atoms with Crippen LogP contribution in [0.5, 0.6) is 0 Å². The van der Waals surface area contributed by atoms with Gasteiger partial charge < -0.3 is 10.4 Å². The molecule has 1 aromatic heterocycles. The van der Waals surface area contributed by atoms with E-state index in [1.807, 2.05) is 0 Å². The summed E-state index contributed by atoms with van der Waals surface area (Å²) in [6.07, 6.45) is 1.89. The van der Waals surface area contributed by atoms with E-state index in [1.165, 1.54) is 6.07 Å². The number of fused-ring (bicyclic) bond motifs is 1. The number of hydrogen-bond donors (Lipinski definition) is 2. The molecule has 0 unspecified atom stereocenters. The summed E-state index contributed by atoms with van der Waals surface area (Å²) in [4.78, 5) is 16.7. The van der Waals surface area contributed by atoms with Gasteiger partial charge in [0.15, 0.2) is 0 Å². The Kier molecular flexibility index (Phi) is 5.04. The monoisotopic (exact) mass is 368 g/mol. The zero-order valence-corrected chi connectivity index (χ0v) is 14.1. The summed E-state index contributed by atoms with van der Waals surface area (Å²) in [5.41, 5.74) is 1.42. The number of halogens is 3. The summed E-state index contributed by atoms with van der Waals surface area (Å²) in [6.45, 7) is -0.0324. The number of carbonyl (C=O) groups is 1. The highest BCUT2D eigenvalue weighted by Gasteiger charge is 2.31. The highest BCUT2D eigenvalue weighted by molar-refractivity contribution is 6.35. The second-order valence-corrected chi connectivity index (χ2v) is 6.53. The SMILES string of the molecule is O=C(NCc1c(F)cc(Cl)cc1Cl)[C@H]1CC[C@@H](O)c2ncccc21. The lowest BCUT2D eigenvalue weighted by atomic mass is 9.83. The molecule has 3 rings (SSSR count). The molecule has 0 bridgehead atoms. The zero-order valence-electron chi connectivity index (χ0n) is 12.6. The Balaban J connectivity index is 1.76. The Hall–Kier alpha value is -1.69. The first-order valence-corrected chi connectivity index (χ1v) is 8.27. The van der Waals surface area contributed by atoms with E-state index in [0.29, 0.717) is 24.1 Å². The molecule has 0 saturated carbocycles. The van der Waals surface area contributed by atoms with Crippen molar-refractivity contribution in [2.75, 3.05) is 0 Å². The van der Waals surface area contributed by atoms with Gasteiger partial charge in [-0.3, -0.25) is 9.78 Å². The molecule has 2 atom stereocenters. The first kappa shape index (κ1) is 17.1. The van der Waals surface area contributed by atoms with Crippen molar-refractivity contribution < 1.29 is 14.3 Å². The summed E-state index contributed by atoms with van der Waals surface area (Å²) >= 11 is 11.7. The van der Waals surface area contributed by atoms with E-state index < -0.39 is 17.8 Å². The van der Waals surface area contributed by atoms with Crippen LogP contribution >= 0.6 is 23.2 Å². The van der Waals surface area contributed by atoms with Crippen LogP contribution in [0.3, 0.4) is 0 Å². The van der Waals surface area contributed by atoms with Crippen molar-refractivity contribution in [1.82, 2.24) is 10.3 Å². The maximum Gasteiger partial charge on any atom is 0.227 e. The standard InChI is InChI=1S/C17H15Cl2FN2O2/c18-9-6-13(19)12(14(20)7-9)8-22-17(24)11-3-4-15(23)16-10(11)2-1-5-21-16/h1-2,5-7,11,15,23H,3-4,8H2,(H,22,24)/t11-,15+/m0/s1. The molecule has 7 heteroatoms. The van der Waals surface area contributed by atoms with E-state index >= 15 is 0 Å². The van der Waals surface area contributed by atoms with Gasteiger partial charge in [0.05, 0.1) is 17.7 Å². The number of aliphatic hydroxyl groups is 1. The number of carbonyl (C=O) groups excluding carboxylic acids is 1. The van der Waals surface area contributed by atoms with E-state index in [-0.39, 0.29) is 28.1 Å². The third kappa shape index (κ3) is 3.38.